The number of benzene rings is 2. The van der Waals surface area contributed by atoms with Gasteiger partial charge in [0.2, 0.25) is 0 Å². The van der Waals surface area contributed by atoms with Crippen LogP contribution in [0.4, 0.5) is 4.39 Å². The Labute approximate surface area is 168 Å². The van der Waals surface area contributed by atoms with E-state index in [1.54, 1.807) is 18.3 Å². The number of para-hydroxylation sites is 1. The number of aromatic nitrogens is 1. The number of amides is 1. The third kappa shape index (κ3) is 3.37. The maximum absolute atomic E-state index is 13.5. The molecule has 1 aliphatic heterocycles. The summed E-state index contributed by atoms with van der Waals surface area (Å²) in [5, 5.41) is 1.64. The van der Waals surface area contributed by atoms with Crippen LogP contribution in [0.25, 0.3) is 21.9 Å². The maximum Gasteiger partial charge on any atom is 0.254 e. The smallest absolute Gasteiger partial charge is 0.254 e. The summed E-state index contributed by atoms with van der Waals surface area (Å²) in [6.45, 7) is 0.731. The van der Waals surface area contributed by atoms with Crippen LogP contribution in [0.3, 0.4) is 0 Å². The van der Waals surface area contributed by atoms with Gasteiger partial charge in [-0.15, -0.1) is 0 Å². The van der Waals surface area contributed by atoms with Crippen LogP contribution in [-0.4, -0.2) is 28.4 Å². The van der Waals surface area contributed by atoms with E-state index in [-0.39, 0.29) is 17.8 Å². The van der Waals surface area contributed by atoms with Gasteiger partial charge in [0.05, 0.1) is 11.1 Å². The van der Waals surface area contributed by atoms with Crippen LogP contribution in [-0.2, 0) is 6.42 Å². The molecule has 1 amide bonds. The van der Waals surface area contributed by atoms with Gasteiger partial charge in [0.1, 0.15) is 17.2 Å². The number of carbonyl (C=O) groups is 1. The van der Waals surface area contributed by atoms with Gasteiger partial charge in [-0.3, -0.25) is 9.78 Å². The number of furan rings is 1. The fraction of sp³-hybridized carbons (Fsp3) is 0.250. The Morgan fingerprint density at radius 3 is 2.97 bits per heavy atom. The monoisotopic (exact) mass is 388 g/mol. The van der Waals surface area contributed by atoms with Gasteiger partial charge in [0.15, 0.2) is 0 Å². The molecule has 5 heteroatoms. The van der Waals surface area contributed by atoms with Gasteiger partial charge < -0.3 is 9.32 Å². The molecule has 2 aromatic heterocycles. The van der Waals surface area contributed by atoms with Crippen molar-refractivity contribution in [1.82, 2.24) is 9.88 Å². The maximum atomic E-state index is 13.5. The van der Waals surface area contributed by atoms with Crippen molar-refractivity contribution in [3.8, 4) is 0 Å². The lowest BCUT2D eigenvalue weighted by atomic mass is 9.96. The minimum atomic E-state index is -0.274. The molecule has 146 valence electrons. The lowest BCUT2D eigenvalue weighted by Crippen LogP contribution is -2.44. The summed E-state index contributed by atoms with van der Waals surface area (Å²) in [6.07, 6.45) is 5.34. The first kappa shape index (κ1) is 17.9. The molecule has 0 aliphatic carbocycles. The van der Waals surface area contributed by atoms with Crippen LogP contribution < -0.4 is 0 Å². The lowest BCUT2D eigenvalue weighted by Gasteiger charge is -2.35. The van der Waals surface area contributed by atoms with Crippen LogP contribution in [0.2, 0.25) is 0 Å². The predicted octanol–water partition coefficient (Wildman–Crippen LogP) is 5.36. The SMILES string of the molecule is O=C(c1ccnc2ccccc12)N1CCCCC1Cc1cc2cc(F)ccc2o1. The summed E-state index contributed by atoms with van der Waals surface area (Å²) in [4.78, 5) is 19.8. The quantitative estimate of drug-likeness (QED) is 0.475. The molecule has 2 aromatic carbocycles. The van der Waals surface area contributed by atoms with Crippen molar-refractivity contribution in [2.24, 2.45) is 0 Å². The molecule has 0 N–H and O–H groups in total. The van der Waals surface area contributed by atoms with Crippen molar-refractivity contribution in [2.45, 2.75) is 31.7 Å². The van der Waals surface area contributed by atoms with Gasteiger partial charge in [0.25, 0.3) is 5.91 Å². The van der Waals surface area contributed by atoms with E-state index in [2.05, 4.69) is 4.98 Å². The van der Waals surface area contributed by atoms with E-state index in [0.717, 1.165) is 47.9 Å². The molecule has 5 rings (SSSR count). The lowest BCUT2D eigenvalue weighted by molar-refractivity contribution is 0.0610. The van der Waals surface area contributed by atoms with Gasteiger partial charge in [0, 0.05) is 36.0 Å². The second kappa shape index (κ2) is 7.32. The summed E-state index contributed by atoms with van der Waals surface area (Å²) < 4.78 is 19.4. The molecule has 4 nitrogen and oxygen atoms in total. The van der Waals surface area contributed by atoms with E-state index in [9.17, 15) is 9.18 Å². The van der Waals surface area contributed by atoms with Crippen molar-refractivity contribution >= 4 is 27.8 Å². The Morgan fingerprint density at radius 1 is 1.14 bits per heavy atom. The average Bonchev–Trinajstić information content (AvgIpc) is 3.14. The molecule has 1 saturated heterocycles. The Hall–Kier alpha value is -3.21. The van der Waals surface area contributed by atoms with Crippen LogP contribution in [0.15, 0.2) is 65.2 Å². The first-order valence-electron chi connectivity index (χ1n) is 10.0. The van der Waals surface area contributed by atoms with E-state index in [1.807, 2.05) is 35.2 Å². The highest BCUT2D eigenvalue weighted by atomic mass is 19.1. The van der Waals surface area contributed by atoms with Crippen molar-refractivity contribution in [3.05, 3.63) is 77.9 Å². The van der Waals surface area contributed by atoms with Crippen molar-refractivity contribution in [3.63, 3.8) is 0 Å². The van der Waals surface area contributed by atoms with Crippen LogP contribution in [0.5, 0.6) is 0 Å². The predicted molar refractivity (Wildman–Crippen MR) is 110 cm³/mol. The number of likely N-dealkylation sites (tertiary alicyclic amines) is 1. The molecule has 1 unspecified atom stereocenters. The highest BCUT2D eigenvalue weighted by Crippen LogP contribution is 2.28. The van der Waals surface area contributed by atoms with Crippen molar-refractivity contribution in [1.29, 1.82) is 0 Å². The first-order chi connectivity index (χ1) is 14.2. The van der Waals surface area contributed by atoms with Crippen LogP contribution >= 0.6 is 0 Å². The fourth-order valence-electron chi connectivity index (χ4n) is 4.32. The summed E-state index contributed by atoms with van der Waals surface area (Å²) in [6, 6.07) is 16.0. The van der Waals surface area contributed by atoms with Crippen molar-refractivity contribution < 1.29 is 13.6 Å². The van der Waals surface area contributed by atoms with Gasteiger partial charge in [-0.05, 0) is 55.7 Å². The highest BCUT2D eigenvalue weighted by molar-refractivity contribution is 6.06. The van der Waals surface area contributed by atoms with E-state index in [0.29, 0.717) is 17.6 Å². The number of rotatable bonds is 3. The molecule has 3 heterocycles. The number of hydrogen-bond donors (Lipinski definition) is 0. The normalized spacial score (nSPS) is 17.1. The number of carbonyl (C=O) groups excluding carboxylic acids is 1. The number of piperidine rings is 1. The second-order valence-corrected chi connectivity index (χ2v) is 7.62. The zero-order valence-corrected chi connectivity index (χ0v) is 16.0. The number of halogens is 1. The minimum absolute atomic E-state index is 0.0375. The molecule has 1 atom stereocenters. The fourth-order valence-corrected chi connectivity index (χ4v) is 4.32. The number of hydrogen-bond acceptors (Lipinski definition) is 3. The molecule has 29 heavy (non-hydrogen) atoms. The third-order valence-corrected chi connectivity index (χ3v) is 5.73. The Bertz CT molecular complexity index is 1190. The number of pyridine rings is 1. The van der Waals surface area contributed by atoms with E-state index >= 15 is 0 Å². The molecular formula is C24H21FN2O2. The second-order valence-electron chi connectivity index (χ2n) is 7.62. The van der Waals surface area contributed by atoms with Gasteiger partial charge in [-0.25, -0.2) is 4.39 Å². The summed E-state index contributed by atoms with van der Waals surface area (Å²) in [7, 11) is 0. The largest absolute Gasteiger partial charge is 0.461 e. The molecule has 0 radical (unpaired) electrons. The standard InChI is InChI=1S/C24H21FN2O2/c25-17-8-9-23-16(13-17)14-19(29-23)15-18-5-3-4-12-27(18)24(28)21-10-11-26-22-7-2-1-6-20(21)22/h1-2,6-11,13-14,18H,3-5,12,15H2. The molecule has 0 spiro atoms. The summed E-state index contributed by atoms with van der Waals surface area (Å²) in [5.41, 5.74) is 2.19. The van der Waals surface area contributed by atoms with Gasteiger partial charge in [-0.2, -0.15) is 0 Å². The van der Waals surface area contributed by atoms with E-state index in [1.165, 1.54) is 12.1 Å². The topological polar surface area (TPSA) is 46.3 Å². The molecule has 1 aliphatic rings. The third-order valence-electron chi connectivity index (χ3n) is 5.73. The molecule has 0 bridgehead atoms. The molecule has 0 saturated carbocycles. The van der Waals surface area contributed by atoms with Crippen molar-refractivity contribution in [2.75, 3.05) is 6.54 Å². The van der Waals surface area contributed by atoms with Gasteiger partial charge in [-0.1, -0.05) is 18.2 Å². The molecule has 1 fully saturated rings. The zero-order chi connectivity index (χ0) is 19.8. The Balaban J connectivity index is 1.45. The minimum Gasteiger partial charge on any atom is -0.461 e. The Morgan fingerprint density at radius 2 is 2.03 bits per heavy atom. The van der Waals surface area contributed by atoms with Crippen LogP contribution in [0.1, 0.15) is 35.4 Å². The van der Waals surface area contributed by atoms with E-state index < -0.39 is 0 Å². The van der Waals surface area contributed by atoms with E-state index in [4.69, 9.17) is 4.42 Å². The molecule has 4 aromatic rings. The highest BCUT2D eigenvalue weighted by Gasteiger charge is 2.29. The Kier molecular flexibility index (Phi) is 4.51. The number of fused-ring (bicyclic) bond motifs is 2. The van der Waals surface area contributed by atoms with Gasteiger partial charge >= 0.3 is 0 Å². The summed E-state index contributed by atoms with van der Waals surface area (Å²) >= 11 is 0. The zero-order valence-electron chi connectivity index (χ0n) is 16.0. The summed E-state index contributed by atoms with van der Waals surface area (Å²) in [5.74, 6) is 0.550. The molecular weight excluding hydrogens is 367 g/mol. The number of nitrogens with zero attached hydrogens (tertiary/aromatic N) is 2. The first-order valence-corrected chi connectivity index (χ1v) is 10.0. The van der Waals surface area contributed by atoms with Crippen LogP contribution in [0, 0.1) is 5.82 Å². The average molecular weight is 388 g/mol.